The van der Waals surface area contributed by atoms with Gasteiger partial charge in [-0.25, -0.2) is 0 Å². The minimum Gasteiger partial charge on any atom is -0.292 e. The molecule has 0 N–H and O–H groups in total. The second kappa shape index (κ2) is 4.63. The Kier molecular flexibility index (Phi) is 3.55. The van der Waals surface area contributed by atoms with Gasteiger partial charge in [0.25, 0.3) is 0 Å². The normalized spacial score (nSPS) is 20.7. The fourth-order valence-electron chi connectivity index (χ4n) is 3.50. The van der Waals surface area contributed by atoms with Crippen molar-refractivity contribution in [3.63, 3.8) is 0 Å². The quantitative estimate of drug-likeness (QED) is 0.693. The minimum absolute atomic E-state index is 0.221. The number of rotatable bonds is 1. The molecule has 1 aliphatic rings. The monoisotopic (exact) mass is 259 g/mol. The molecule has 1 heterocycles. The van der Waals surface area contributed by atoms with E-state index < -0.39 is 0 Å². The van der Waals surface area contributed by atoms with E-state index in [0.29, 0.717) is 6.04 Å². The second-order valence-corrected chi connectivity index (χ2v) is 7.96. The highest BCUT2D eigenvalue weighted by atomic mass is 15.2. The van der Waals surface area contributed by atoms with Crippen LogP contribution in [0, 0.1) is 5.41 Å². The van der Waals surface area contributed by atoms with Crippen LogP contribution in [0.15, 0.2) is 18.2 Å². The van der Waals surface area contributed by atoms with E-state index in [-0.39, 0.29) is 10.8 Å². The molecular formula is C18H29N. The van der Waals surface area contributed by atoms with Crippen LogP contribution in [0.1, 0.15) is 71.2 Å². The molecule has 19 heavy (non-hydrogen) atoms. The van der Waals surface area contributed by atoms with Crippen LogP contribution in [0.25, 0.3) is 0 Å². The van der Waals surface area contributed by atoms with Crippen molar-refractivity contribution >= 4 is 0 Å². The van der Waals surface area contributed by atoms with Crippen LogP contribution in [0.5, 0.6) is 0 Å². The van der Waals surface area contributed by atoms with Crippen molar-refractivity contribution in [3.05, 3.63) is 34.9 Å². The summed E-state index contributed by atoms with van der Waals surface area (Å²) in [6.45, 7) is 18.6. The van der Waals surface area contributed by atoms with Crippen molar-refractivity contribution in [1.82, 2.24) is 4.90 Å². The molecule has 0 saturated carbocycles. The van der Waals surface area contributed by atoms with Gasteiger partial charge in [-0.15, -0.1) is 0 Å². The molecule has 0 fully saturated rings. The van der Waals surface area contributed by atoms with Crippen molar-refractivity contribution in [1.29, 1.82) is 0 Å². The van der Waals surface area contributed by atoms with Gasteiger partial charge in [0.1, 0.15) is 0 Å². The molecule has 0 aromatic heterocycles. The molecule has 0 bridgehead atoms. The molecule has 1 nitrogen and oxygen atoms in total. The zero-order chi connectivity index (χ0) is 14.4. The molecule has 1 aromatic carbocycles. The lowest BCUT2D eigenvalue weighted by Crippen LogP contribution is -2.32. The highest BCUT2D eigenvalue weighted by Crippen LogP contribution is 2.48. The fraction of sp³-hybridized carbons (Fsp3) is 0.667. The summed E-state index contributed by atoms with van der Waals surface area (Å²) < 4.78 is 0. The Morgan fingerprint density at radius 1 is 1.11 bits per heavy atom. The third kappa shape index (κ3) is 2.58. The SMILES string of the molecule is CCN1Cc2cccc(C(C)(C)C)c2C1C(C)(C)C. The first kappa shape index (κ1) is 14.6. The van der Waals surface area contributed by atoms with E-state index in [2.05, 4.69) is 71.6 Å². The highest BCUT2D eigenvalue weighted by molar-refractivity contribution is 5.45. The van der Waals surface area contributed by atoms with E-state index in [1.165, 1.54) is 11.1 Å². The van der Waals surface area contributed by atoms with Crippen LogP contribution in [-0.2, 0) is 12.0 Å². The summed E-state index contributed by atoms with van der Waals surface area (Å²) in [7, 11) is 0. The van der Waals surface area contributed by atoms with Crippen LogP contribution >= 0.6 is 0 Å². The number of hydrogen-bond donors (Lipinski definition) is 0. The van der Waals surface area contributed by atoms with E-state index >= 15 is 0 Å². The van der Waals surface area contributed by atoms with Crippen LogP contribution in [0.2, 0.25) is 0 Å². The van der Waals surface area contributed by atoms with Gasteiger partial charge in [-0.3, -0.25) is 4.90 Å². The maximum Gasteiger partial charge on any atom is 0.0406 e. The lowest BCUT2D eigenvalue weighted by molar-refractivity contribution is 0.118. The third-order valence-corrected chi connectivity index (χ3v) is 4.24. The highest BCUT2D eigenvalue weighted by Gasteiger charge is 2.40. The summed E-state index contributed by atoms with van der Waals surface area (Å²) in [4.78, 5) is 2.62. The van der Waals surface area contributed by atoms with Crippen LogP contribution < -0.4 is 0 Å². The molecule has 0 saturated heterocycles. The van der Waals surface area contributed by atoms with Gasteiger partial charge in [-0.05, 0) is 34.1 Å². The Balaban J connectivity index is 2.62. The van der Waals surface area contributed by atoms with Crippen molar-refractivity contribution in [2.45, 2.75) is 66.5 Å². The van der Waals surface area contributed by atoms with Gasteiger partial charge in [0.05, 0.1) is 0 Å². The van der Waals surface area contributed by atoms with Gasteiger partial charge in [0.15, 0.2) is 0 Å². The van der Waals surface area contributed by atoms with Crippen LogP contribution in [0.4, 0.5) is 0 Å². The molecule has 1 aromatic rings. The molecule has 0 radical (unpaired) electrons. The average Bonchev–Trinajstić information content (AvgIpc) is 2.64. The van der Waals surface area contributed by atoms with E-state index in [1.807, 2.05) is 0 Å². The number of nitrogens with zero attached hydrogens (tertiary/aromatic N) is 1. The lowest BCUT2D eigenvalue weighted by Gasteiger charge is -2.37. The fourth-order valence-corrected chi connectivity index (χ4v) is 3.50. The van der Waals surface area contributed by atoms with Crippen molar-refractivity contribution in [2.75, 3.05) is 6.54 Å². The van der Waals surface area contributed by atoms with Gasteiger partial charge < -0.3 is 0 Å². The molecule has 0 spiro atoms. The van der Waals surface area contributed by atoms with Crippen LogP contribution in [-0.4, -0.2) is 11.4 Å². The van der Waals surface area contributed by atoms with Crippen LogP contribution in [0.3, 0.4) is 0 Å². The summed E-state index contributed by atoms with van der Waals surface area (Å²) in [5.74, 6) is 0. The first-order valence-corrected chi connectivity index (χ1v) is 7.52. The summed E-state index contributed by atoms with van der Waals surface area (Å²) in [6, 6.07) is 7.43. The molecule has 1 heteroatoms. The summed E-state index contributed by atoms with van der Waals surface area (Å²) in [5, 5.41) is 0. The van der Waals surface area contributed by atoms with Crippen molar-refractivity contribution in [2.24, 2.45) is 5.41 Å². The Bertz CT molecular complexity index is 460. The Hall–Kier alpha value is -0.820. The van der Waals surface area contributed by atoms with Gasteiger partial charge in [-0.2, -0.15) is 0 Å². The molecule has 0 aliphatic carbocycles. The first-order chi connectivity index (χ1) is 8.66. The molecule has 106 valence electrons. The Morgan fingerprint density at radius 3 is 2.21 bits per heavy atom. The van der Waals surface area contributed by atoms with Crippen molar-refractivity contribution in [3.8, 4) is 0 Å². The van der Waals surface area contributed by atoms with Gasteiger partial charge in [-0.1, -0.05) is 66.7 Å². The largest absolute Gasteiger partial charge is 0.292 e. The van der Waals surface area contributed by atoms with E-state index in [0.717, 1.165) is 13.1 Å². The molecule has 1 unspecified atom stereocenters. The van der Waals surface area contributed by atoms with Gasteiger partial charge in [0.2, 0.25) is 0 Å². The van der Waals surface area contributed by atoms with Gasteiger partial charge >= 0.3 is 0 Å². The summed E-state index contributed by atoms with van der Waals surface area (Å²) in [5.41, 5.74) is 5.17. The van der Waals surface area contributed by atoms with E-state index in [4.69, 9.17) is 0 Å². The van der Waals surface area contributed by atoms with E-state index in [9.17, 15) is 0 Å². The Morgan fingerprint density at radius 2 is 1.74 bits per heavy atom. The number of hydrogen-bond acceptors (Lipinski definition) is 1. The topological polar surface area (TPSA) is 3.24 Å². The predicted octanol–water partition coefficient (Wildman–Crippen LogP) is 4.91. The maximum absolute atomic E-state index is 2.62. The number of benzene rings is 1. The standard InChI is InChI=1S/C18H29N/c1-8-19-12-13-10-9-11-14(17(2,3)4)15(13)16(19)18(5,6)7/h9-11,16H,8,12H2,1-7H3. The maximum atomic E-state index is 2.62. The third-order valence-electron chi connectivity index (χ3n) is 4.24. The van der Waals surface area contributed by atoms with E-state index in [1.54, 1.807) is 5.56 Å². The smallest absolute Gasteiger partial charge is 0.0406 e. The molecule has 2 rings (SSSR count). The molecule has 1 atom stereocenters. The average molecular weight is 259 g/mol. The minimum atomic E-state index is 0.221. The zero-order valence-electron chi connectivity index (χ0n) is 13.7. The molecule has 0 amide bonds. The first-order valence-electron chi connectivity index (χ1n) is 7.52. The Labute approximate surface area is 119 Å². The summed E-state index contributed by atoms with van der Waals surface area (Å²) >= 11 is 0. The second-order valence-electron chi connectivity index (χ2n) is 7.96. The molecule has 1 aliphatic heterocycles. The zero-order valence-corrected chi connectivity index (χ0v) is 13.7. The number of fused-ring (bicyclic) bond motifs is 1. The predicted molar refractivity (Wildman–Crippen MR) is 83.4 cm³/mol. The summed E-state index contributed by atoms with van der Waals surface area (Å²) in [6.07, 6.45) is 0. The molecular weight excluding hydrogens is 230 g/mol. The van der Waals surface area contributed by atoms with Gasteiger partial charge in [0, 0.05) is 12.6 Å². The van der Waals surface area contributed by atoms with Crippen molar-refractivity contribution < 1.29 is 0 Å². The lowest BCUT2D eigenvalue weighted by atomic mass is 9.75.